The lowest BCUT2D eigenvalue weighted by Gasteiger charge is -2.09. The first-order chi connectivity index (χ1) is 9.27. The highest BCUT2D eigenvalue weighted by Gasteiger charge is 2.11. The predicted molar refractivity (Wildman–Crippen MR) is 82.5 cm³/mol. The Hall–Kier alpha value is -2.02. The number of aryl methyl sites for hydroxylation is 2. The van der Waals surface area contributed by atoms with Crippen LogP contribution in [0.15, 0.2) is 53.1 Å². The van der Waals surface area contributed by atoms with Gasteiger partial charge in [0, 0.05) is 5.39 Å². The minimum absolute atomic E-state index is 0.995. The number of hydrogen-bond acceptors (Lipinski definition) is 1. The van der Waals surface area contributed by atoms with E-state index < -0.39 is 0 Å². The molecule has 0 radical (unpaired) electrons. The van der Waals surface area contributed by atoms with Crippen molar-refractivity contribution in [1.29, 1.82) is 0 Å². The molecule has 3 aromatic rings. The Labute approximate surface area is 114 Å². The molecule has 19 heavy (non-hydrogen) atoms. The largest absolute Gasteiger partial charge is 0.464 e. The topological polar surface area (TPSA) is 13.1 Å². The Balaban J connectivity index is 0.000000637. The molecule has 1 aromatic heterocycles. The van der Waals surface area contributed by atoms with E-state index in [2.05, 4.69) is 50.2 Å². The maximum Gasteiger partial charge on any atom is 0.137 e. The molecule has 0 aliphatic carbocycles. The highest BCUT2D eigenvalue weighted by atomic mass is 16.3. The first kappa shape index (κ1) is 13.4. The summed E-state index contributed by atoms with van der Waals surface area (Å²) in [6.45, 7) is 8.25. The predicted octanol–water partition coefficient (Wildman–Crippen LogP) is 5.74. The van der Waals surface area contributed by atoms with Crippen molar-refractivity contribution in [1.82, 2.24) is 0 Å². The van der Waals surface area contributed by atoms with Gasteiger partial charge in [-0.3, -0.25) is 0 Å². The molecule has 0 N–H and O–H groups in total. The van der Waals surface area contributed by atoms with Gasteiger partial charge in [-0.15, -0.1) is 0 Å². The lowest BCUT2D eigenvalue weighted by Crippen LogP contribution is -1.86. The molecule has 98 valence electrons. The molecular weight excluding hydrogens is 232 g/mol. The van der Waals surface area contributed by atoms with Gasteiger partial charge in [-0.25, -0.2) is 0 Å². The van der Waals surface area contributed by atoms with Crippen molar-refractivity contribution < 1.29 is 4.42 Å². The van der Waals surface area contributed by atoms with Crippen molar-refractivity contribution in [3.8, 4) is 11.1 Å². The summed E-state index contributed by atoms with van der Waals surface area (Å²) in [6, 6.07) is 14.7. The van der Waals surface area contributed by atoms with Crippen molar-refractivity contribution in [3.05, 3.63) is 59.9 Å². The summed E-state index contributed by atoms with van der Waals surface area (Å²) in [7, 11) is 0. The van der Waals surface area contributed by atoms with Gasteiger partial charge in [-0.2, -0.15) is 0 Å². The second kappa shape index (κ2) is 5.75. The third kappa shape index (κ3) is 2.41. The van der Waals surface area contributed by atoms with E-state index in [1.165, 1.54) is 27.6 Å². The van der Waals surface area contributed by atoms with Crippen LogP contribution in [-0.4, -0.2) is 0 Å². The summed E-state index contributed by atoms with van der Waals surface area (Å²) in [5, 5.41) is 1.20. The van der Waals surface area contributed by atoms with Gasteiger partial charge in [0.1, 0.15) is 5.58 Å². The van der Waals surface area contributed by atoms with Gasteiger partial charge in [0.2, 0.25) is 0 Å². The van der Waals surface area contributed by atoms with Gasteiger partial charge in [-0.1, -0.05) is 50.2 Å². The highest BCUT2D eigenvalue weighted by molar-refractivity contribution is 5.97. The van der Waals surface area contributed by atoms with Crippen molar-refractivity contribution in [2.24, 2.45) is 0 Å². The molecule has 1 heterocycles. The van der Waals surface area contributed by atoms with Crippen LogP contribution in [0.3, 0.4) is 0 Å². The fourth-order valence-corrected chi connectivity index (χ4v) is 2.47. The van der Waals surface area contributed by atoms with Crippen molar-refractivity contribution in [2.45, 2.75) is 27.7 Å². The molecule has 0 aliphatic rings. The van der Waals surface area contributed by atoms with E-state index >= 15 is 0 Å². The fraction of sp³-hybridized carbons (Fsp3) is 0.222. The van der Waals surface area contributed by atoms with Crippen LogP contribution in [-0.2, 0) is 0 Å². The second-order valence-corrected chi connectivity index (χ2v) is 4.41. The molecule has 0 fully saturated rings. The van der Waals surface area contributed by atoms with Gasteiger partial charge in [-0.05, 0) is 42.2 Å². The molecule has 0 aliphatic heterocycles. The maximum absolute atomic E-state index is 5.57. The van der Waals surface area contributed by atoms with Crippen LogP contribution < -0.4 is 0 Å². The average Bonchev–Trinajstić information content (AvgIpc) is 2.92. The Kier molecular flexibility index (Phi) is 4.06. The lowest BCUT2D eigenvalue weighted by molar-refractivity contribution is 0.613. The normalized spacial score (nSPS) is 10.1. The third-order valence-corrected chi connectivity index (χ3v) is 3.18. The van der Waals surface area contributed by atoms with E-state index in [0.717, 1.165) is 5.58 Å². The maximum atomic E-state index is 5.57. The van der Waals surface area contributed by atoms with E-state index in [9.17, 15) is 0 Å². The molecule has 0 atom stereocenters. The van der Waals surface area contributed by atoms with Gasteiger partial charge in [0.15, 0.2) is 0 Å². The highest BCUT2D eigenvalue weighted by Crippen LogP contribution is 2.34. The van der Waals surface area contributed by atoms with Gasteiger partial charge < -0.3 is 4.42 Å². The summed E-state index contributed by atoms with van der Waals surface area (Å²) in [6.07, 6.45) is 1.77. The number of fused-ring (bicyclic) bond motifs is 1. The fourth-order valence-electron chi connectivity index (χ4n) is 2.47. The SMILES string of the molecule is CC.Cc1cc(C)c2occc2c1-c1ccccc1. The monoisotopic (exact) mass is 252 g/mol. The number of benzene rings is 2. The first-order valence-corrected chi connectivity index (χ1v) is 6.80. The van der Waals surface area contributed by atoms with E-state index in [-0.39, 0.29) is 0 Å². The summed E-state index contributed by atoms with van der Waals surface area (Å²) in [5.74, 6) is 0. The van der Waals surface area contributed by atoms with Crippen LogP contribution in [0.4, 0.5) is 0 Å². The zero-order valence-electron chi connectivity index (χ0n) is 12.0. The van der Waals surface area contributed by atoms with E-state index in [4.69, 9.17) is 4.42 Å². The average molecular weight is 252 g/mol. The van der Waals surface area contributed by atoms with Crippen LogP contribution in [0.5, 0.6) is 0 Å². The van der Waals surface area contributed by atoms with Crippen molar-refractivity contribution in [3.63, 3.8) is 0 Å². The number of hydrogen-bond donors (Lipinski definition) is 0. The van der Waals surface area contributed by atoms with Gasteiger partial charge in [0.25, 0.3) is 0 Å². The summed E-state index contributed by atoms with van der Waals surface area (Å²) in [4.78, 5) is 0. The van der Waals surface area contributed by atoms with Crippen LogP contribution in [0.25, 0.3) is 22.1 Å². The zero-order chi connectivity index (χ0) is 13.8. The molecule has 3 rings (SSSR count). The molecule has 0 bridgehead atoms. The Bertz CT molecular complexity index is 663. The smallest absolute Gasteiger partial charge is 0.137 e. The molecule has 0 amide bonds. The Morgan fingerprint density at radius 2 is 1.53 bits per heavy atom. The van der Waals surface area contributed by atoms with E-state index in [0.29, 0.717) is 0 Å². The number of rotatable bonds is 1. The summed E-state index contributed by atoms with van der Waals surface area (Å²) in [5.41, 5.74) is 6.01. The number of furan rings is 1. The van der Waals surface area contributed by atoms with Crippen LogP contribution in [0.2, 0.25) is 0 Å². The zero-order valence-corrected chi connectivity index (χ0v) is 12.0. The minimum atomic E-state index is 0.995. The van der Waals surface area contributed by atoms with Crippen LogP contribution in [0, 0.1) is 13.8 Å². The van der Waals surface area contributed by atoms with Gasteiger partial charge in [0.05, 0.1) is 6.26 Å². The minimum Gasteiger partial charge on any atom is -0.464 e. The summed E-state index contributed by atoms with van der Waals surface area (Å²) < 4.78 is 5.57. The van der Waals surface area contributed by atoms with E-state index in [1.807, 2.05) is 19.9 Å². The molecule has 0 saturated heterocycles. The van der Waals surface area contributed by atoms with Gasteiger partial charge >= 0.3 is 0 Å². The quantitative estimate of drug-likeness (QED) is 0.538. The Morgan fingerprint density at radius 3 is 2.21 bits per heavy atom. The molecule has 0 unspecified atom stereocenters. The molecule has 2 aromatic carbocycles. The molecule has 1 heteroatoms. The third-order valence-electron chi connectivity index (χ3n) is 3.18. The molecular formula is C18H20O. The summed E-state index contributed by atoms with van der Waals surface area (Å²) >= 11 is 0. The molecule has 1 nitrogen and oxygen atoms in total. The van der Waals surface area contributed by atoms with E-state index in [1.54, 1.807) is 6.26 Å². The van der Waals surface area contributed by atoms with Crippen molar-refractivity contribution >= 4 is 11.0 Å². The Morgan fingerprint density at radius 1 is 0.842 bits per heavy atom. The van der Waals surface area contributed by atoms with Crippen LogP contribution in [0.1, 0.15) is 25.0 Å². The second-order valence-electron chi connectivity index (χ2n) is 4.41. The first-order valence-electron chi connectivity index (χ1n) is 6.80. The standard InChI is InChI=1S/C16H14O.C2H6/c1-11-10-12(2)16-14(8-9-17-16)15(11)13-6-4-3-5-7-13;1-2/h3-10H,1-2H3;1-2H3. The van der Waals surface area contributed by atoms with Crippen LogP contribution >= 0.6 is 0 Å². The molecule has 0 saturated carbocycles. The van der Waals surface area contributed by atoms with Crippen molar-refractivity contribution in [2.75, 3.05) is 0 Å². The molecule has 0 spiro atoms. The lowest BCUT2D eigenvalue weighted by atomic mass is 9.95.